The molecule has 26 heavy (non-hydrogen) atoms. The average Bonchev–Trinajstić information content (AvgIpc) is 2.84. The van der Waals surface area contributed by atoms with Crippen LogP contribution in [0.4, 0.5) is 0 Å². The second kappa shape index (κ2) is 13.5. The summed E-state index contributed by atoms with van der Waals surface area (Å²) in [5.41, 5.74) is 0.711. The third-order valence-electron chi connectivity index (χ3n) is 5.99. The molecular weight excluding hydrogens is 372 g/mol. The molecule has 4 nitrogen and oxygen atoms in total. The molecule has 0 amide bonds. The minimum atomic E-state index is -1.14. The van der Waals surface area contributed by atoms with Crippen molar-refractivity contribution in [1.82, 2.24) is 0 Å². The monoisotopic (exact) mass is 405 g/mol. The Bertz CT molecular complexity index is 434. The van der Waals surface area contributed by atoms with Gasteiger partial charge in [-0.2, -0.15) is 30.3 Å². The zero-order valence-corrected chi connectivity index (χ0v) is 18.3. The number of benzene rings is 1. The van der Waals surface area contributed by atoms with Crippen LogP contribution >= 0.6 is 0 Å². The summed E-state index contributed by atoms with van der Waals surface area (Å²) in [5.74, 6) is 3.54. The van der Waals surface area contributed by atoms with Gasteiger partial charge < -0.3 is 14.2 Å². The molecule has 0 atom stereocenters. The molecule has 1 aromatic rings. The second-order valence-electron chi connectivity index (χ2n) is 6.74. The zero-order chi connectivity index (χ0) is 19.6. The first-order chi connectivity index (χ1) is 11.8. The fourth-order valence-corrected chi connectivity index (χ4v) is 3.56. The van der Waals surface area contributed by atoms with Crippen LogP contribution in [0.1, 0.15) is 40.2 Å². The van der Waals surface area contributed by atoms with Crippen molar-refractivity contribution in [3.05, 3.63) is 42.5 Å². The van der Waals surface area contributed by atoms with Gasteiger partial charge in [-0.25, -0.2) is 0 Å². The van der Waals surface area contributed by atoms with Crippen LogP contribution in [0.2, 0.25) is 0 Å². The van der Waals surface area contributed by atoms with E-state index >= 15 is 0 Å². The smallest absolute Gasteiger partial charge is 2.00 e. The van der Waals surface area contributed by atoms with Gasteiger partial charge in [-0.3, -0.25) is 0 Å². The van der Waals surface area contributed by atoms with Crippen molar-refractivity contribution < 1.29 is 35.9 Å². The van der Waals surface area contributed by atoms with Crippen LogP contribution in [0.5, 0.6) is 0 Å². The topological polar surface area (TPSA) is 47.6 Å². The van der Waals surface area contributed by atoms with E-state index in [-0.39, 0.29) is 17.1 Å². The maximum absolute atomic E-state index is 7.50. The normalized spacial score (nSPS) is 27.2. The average molecular weight is 405 g/mol. The van der Waals surface area contributed by atoms with Gasteiger partial charge in [0, 0.05) is 21.3 Å². The molecule has 1 fully saturated rings. The first-order valence-corrected chi connectivity index (χ1v) is 8.67. The van der Waals surface area contributed by atoms with Crippen molar-refractivity contribution in [1.29, 1.82) is 0 Å². The molecule has 1 aromatic carbocycles. The van der Waals surface area contributed by atoms with Crippen LogP contribution in [-0.4, -0.2) is 21.3 Å². The maximum Gasteiger partial charge on any atom is 2.00 e. The molecule has 2 rings (SSSR count). The Hall–Kier alpha value is -0.641. The first-order valence-electron chi connectivity index (χ1n) is 8.67. The van der Waals surface area contributed by atoms with Crippen molar-refractivity contribution in [3.63, 3.8) is 0 Å². The molecule has 0 N–H and O–H groups in total. The molecule has 1 aliphatic rings. The van der Waals surface area contributed by atoms with E-state index < -0.39 is 5.97 Å². The Morgan fingerprint density at radius 2 is 1.15 bits per heavy atom. The third-order valence-corrected chi connectivity index (χ3v) is 5.99. The largest absolute Gasteiger partial charge is 2.00 e. The molecule has 1 aliphatic carbocycles. The van der Waals surface area contributed by atoms with E-state index in [1.807, 2.05) is 18.2 Å². The van der Waals surface area contributed by atoms with Gasteiger partial charge in [0.1, 0.15) is 0 Å². The van der Waals surface area contributed by atoms with Crippen LogP contribution < -0.4 is 0 Å². The summed E-state index contributed by atoms with van der Waals surface area (Å²) in [6, 6.07) is 10.3. The molecule has 0 aromatic heterocycles. The Kier molecular flexibility index (Phi) is 14.3. The van der Waals surface area contributed by atoms with E-state index in [0.29, 0.717) is 5.56 Å². The molecule has 0 saturated heterocycles. The van der Waals surface area contributed by atoms with E-state index in [4.69, 9.17) is 18.9 Å². The van der Waals surface area contributed by atoms with Crippen LogP contribution in [0, 0.1) is 42.3 Å². The quantitative estimate of drug-likeness (QED) is 0.316. The molecule has 0 spiro atoms. The summed E-state index contributed by atoms with van der Waals surface area (Å²) in [7, 11) is 4.56. The Labute approximate surface area is 170 Å². The van der Waals surface area contributed by atoms with Crippen LogP contribution in [0.15, 0.2) is 24.3 Å². The number of hydrogen-bond donors (Lipinski definition) is 0. The van der Waals surface area contributed by atoms with E-state index in [2.05, 4.69) is 47.3 Å². The summed E-state index contributed by atoms with van der Waals surface area (Å²) < 4.78 is 22.9. The molecule has 0 bridgehead atoms. The van der Waals surface area contributed by atoms with E-state index in [9.17, 15) is 0 Å². The minimum absolute atomic E-state index is 0. The zero-order valence-electron chi connectivity index (χ0n) is 17.2. The minimum Gasteiger partial charge on any atom is 2.00 e. The number of rotatable bonds is 4. The second-order valence-corrected chi connectivity index (χ2v) is 6.74. The van der Waals surface area contributed by atoms with Crippen molar-refractivity contribution in [2.24, 2.45) is 29.6 Å². The van der Waals surface area contributed by atoms with Gasteiger partial charge in [0.15, 0.2) is 0 Å². The SMILES string of the molecule is CC1C(C)C(C)C(C)C1C.COC(OC)(OC)c1[c-]cccc1.[C-]#[O+].[Fe+2]. The molecule has 5 heteroatoms. The van der Waals surface area contributed by atoms with E-state index in [1.165, 1.54) is 21.3 Å². The van der Waals surface area contributed by atoms with E-state index in [0.717, 1.165) is 29.6 Å². The first kappa shape index (κ1) is 27.6. The maximum atomic E-state index is 7.50. The predicted octanol–water partition coefficient (Wildman–Crippen LogP) is 4.68. The van der Waals surface area contributed by atoms with Crippen molar-refractivity contribution in [2.45, 2.75) is 40.6 Å². The molecule has 1 saturated carbocycles. The van der Waals surface area contributed by atoms with Gasteiger partial charge in [0.05, 0.1) is 0 Å². The third kappa shape index (κ3) is 6.51. The van der Waals surface area contributed by atoms with Gasteiger partial charge in [0.2, 0.25) is 0 Å². The summed E-state index contributed by atoms with van der Waals surface area (Å²) in [6.07, 6.45) is 0. The molecule has 0 radical (unpaired) electrons. The van der Waals surface area contributed by atoms with Crippen molar-refractivity contribution in [3.8, 4) is 0 Å². The predicted molar refractivity (Wildman–Crippen MR) is 97.7 cm³/mol. The molecule has 0 unspecified atom stereocenters. The van der Waals surface area contributed by atoms with Gasteiger partial charge in [0.25, 0.3) is 5.97 Å². The summed E-state index contributed by atoms with van der Waals surface area (Å²) in [4.78, 5) is 0. The Morgan fingerprint density at radius 1 is 0.808 bits per heavy atom. The summed E-state index contributed by atoms with van der Waals surface area (Å²) >= 11 is 0. The Balaban J connectivity index is 0. The van der Waals surface area contributed by atoms with Crippen molar-refractivity contribution >= 4 is 0 Å². The number of hydrogen-bond acceptors (Lipinski definition) is 3. The van der Waals surface area contributed by atoms with Crippen LogP contribution in [-0.2, 0) is 41.9 Å². The molecule has 148 valence electrons. The fourth-order valence-electron chi connectivity index (χ4n) is 3.56. The standard InChI is InChI=1S/C10H13O3.C10H20.CO.Fe/c1-11-10(12-2,13-3)9-7-5-4-6-8-9;1-6-7(2)9(4)10(5)8(6)3;1-2;/h4-7H,1-3H3;6-10H,1-5H3;;/q-1;;;+2. The van der Waals surface area contributed by atoms with Crippen molar-refractivity contribution in [2.75, 3.05) is 21.3 Å². The summed E-state index contributed by atoms with van der Waals surface area (Å²) in [6.45, 7) is 16.5. The molecule has 0 aliphatic heterocycles. The van der Waals surface area contributed by atoms with Gasteiger partial charge in [-0.1, -0.05) is 40.2 Å². The molecule has 0 heterocycles. The van der Waals surface area contributed by atoms with E-state index in [1.54, 1.807) is 6.07 Å². The van der Waals surface area contributed by atoms with Gasteiger partial charge in [-0.05, 0) is 29.6 Å². The molecular formula is C21H33FeO4+. The Morgan fingerprint density at radius 3 is 1.38 bits per heavy atom. The summed E-state index contributed by atoms with van der Waals surface area (Å²) in [5, 5.41) is 0. The van der Waals surface area contributed by atoms with Crippen LogP contribution in [0.3, 0.4) is 0 Å². The van der Waals surface area contributed by atoms with Gasteiger partial charge in [-0.15, -0.1) is 0 Å². The number of methoxy groups -OCH3 is 3. The number of ether oxygens (including phenoxy) is 3. The van der Waals surface area contributed by atoms with Gasteiger partial charge >= 0.3 is 28.4 Å². The fraction of sp³-hybridized carbons (Fsp3) is 0.667. The van der Waals surface area contributed by atoms with Crippen LogP contribution in [0.25, 0.3) is 0 Å².